The third-order valence-electron chi connectivity index (χ3n) is 12.4. The van der Waals surface area contributed by atoms with Gasteiger partial charge in [0.25, 0.3) is 11.8 Å². The van der Waals surface area contributed by atoms with E-state index in [1.54, 1.807) is 23.1 Å². The highest BCUT2D eigenvalue weighted by molar-refractivity contribution is 6.04. The molecule has 1 spiro atoms. The standard InChI is InChI=1S/C42H46F5N5O3/c1-2-40(54)51-25-32-23-42(46,47)26-52(32)38-21-31(5-8-37(38)51)50-11-9-41(10-12-50)22-28(33-6-4-29(43)20-34(33)41)19-39(53)48-30(24-49-13-15-55-16-14-49)17-27-3-7-35(44)36(45)18-27/h2-8,18,20-21,28,30,32H,1,9-17,19,22-26H2,(H,48,53)/t28-,30-,32+/m1/s1. The van der Waals surface area contributed by atoms with E-state index in [9.17, 15) is 31.5 Å². The van der Waals surface area contributed by atoms with Crippen molar-refractivity contribution in [2.45, 2.75) is 67.9 Å². The van der Waals surface area contributed by atoms with Crippen molar-refractivity contribution in [1.82, 2.24) is 10.2 Å². The van der Waals surface area contributed by atoms with E-state index in [1.165, 1.54) is 23.1 Å². The van der Waals surface area contributed by atoms with Gasteiger partial charge in [-0.3, -0.25) is 14.5 Å². The van der Waals surface area contributed by atoms with E-state index >= 15 is 0 Å². The number of halogens is 5. The lowest BCUT2D eigenvalue weighted by atomic mass is 9.73. The minimum absolute atomic E-state index is 0.139. The molecule has 0 radical (unpaired) electrons. The SMILES string of the molecule is C=CC(=O)N1C[C@@H]2CC(F)(F)CN2c2cc(N3CCC4(CC3)C[C@@H](CC(=O)N[C@H](Cc3ccc(F)c(F)c3)CN3CCOCC3)c3ccc(F)cc34)ccc21. The van der Waals surface area contributed by atoms with Crippen molar-refractivity contribution in [2.24, 2.45) is 0 Å². The van der Waals surface area contributed by atoms with Crippen LogP contribution in [0.3, 0.4) is 0 Å². The topological polar surface area (TPSA) is 68.4 Å². The summed E-state index contributed by atoms with van der Waals surface area (Å²) in [5.41, 5.74) is 4.22. The predicted octanol–water partition coefficient (Wildman–Crippen LogP) is 6.33. The van der Waals surface area contributed by atoms with Crippen LogP contribution in [-0.2, 0) is 26.2 Å². The first kappa shape index (κ1) is 37.4. The first-order valence-corrected chi connectivity index (χ1v) is 19.2. The van der Waals surface area contributed by atoms with E-state index in [1.807, 2.05) is 18.2 Å². The first-order valence-electron chi connectivity index (χ1n) is 19.2. The van der Waals surface area contributed by atoms with Crippen LogP contribution in [0.1, 0.15) is 54.7 Å². The zero-order valence-electron chi connectivity index (χ0n) is 30.7. The number of benzene rings is 3. The number of alkyl halides is 2. The van der Waals surface area contributed by atoms with Crippen LogP contribution in [0.2, 0.25) is 0 Å². The lowest BCUT2D eigenvalue weighted by Gasteiger charge is -2.43. The number of amides is 2. The van der Waals surface area contributed by atoms with Crippen LogP contribution in [0.4, 0.5) is 39.0 Å². The second-order valence-electron chi connectivity index (χ2n) is 15.9. The molecular weight excluding hydrogens is 717 g/mol. The molecule has 5 aliphatic rings. The summed E-state index contributed by atoms with van der Waals surface area (Å²) in [6.45, 7) is 7.78. The summed E-state index contributed by atoms with van der Waals surface area (Å²) >= 11 is 0. The summed E-state index contributed by atoms with van der Waals surface area (Å²) in [7, 11) is 0. The van der Waals surface area contributed by atoms with Crippen molar-refractivity contribution < 1.29 is 36.3 Å². The van der Waals surface area contributed by atoms with Crippen molar-refractivity contribution in [2.75, 3.05) is 73.7 Å². The van der Waals surface area contributed by atoms with Gasteiger partial charge in [0.15, 0.2) is 11.6 Å². The Balaban J connectivity index is 0.978. The lowest BCUT2D eigenvalue weighted by molar-refractivity contribution is -0.122. The van der Waals surface area contributed by atoms with E-state index in [0.717, 1.165) is 22.9 Å². The molecule has 1 aliphatic carbocycles. The van der Waals surface area contributed by atoms with Crippen LogP contribution >= 0.6 is 0 Å². The van der Waals surface area contributed by atoms with Gasteiger partial charge < -0.3 is 24.8 Å². The molecule has 3 aromatic rings. The van der Waals surface area contributed by atoms with Gasteiger partial charge in [0.05, 0.1) is 37.2 Å². The molecule has 0 unspecified atom stereocenters. The average Bonchev–Trinajstić information content (AvgIpc) is 3.64. The molecule has 2 amide bonds. The quantitative estimate of drug-likeness (QED) is 0.203. The highest BCUT2D eigenvalue weighted by atomic mass is 19.3. The molecule has 3 aromatic carbocycles. The van der Waals surface area contributed by atoms with E-state index in [4.69, 9.17) is 4.74 Å². The van der Waals surface area contributed by atoms with Crippen molar-refractivity contribution >= 4 is 28.9 Å². The largest absolute Gasteiger partial charge is 0.379 e. The van der Waals surface area contributed by atoms with Crippen LogP contribution in [0.15, 0.2) is 67.3 Å². The monoisotopic (exact) mass is 763 g/mol. The van der Waals surface area contributed by atoms with Gasteiger partial charge >= 0.3 is 0 Å². The molecule has 4 aliphatic heterocycles. The number of morpholine rings is 1. The molecule has 4 heterocycles. The van der Waals surface area contributed by atoms with Gasteiger partial charge in [0.2, 0.25) is 5.91 Å². The predicted molar refractivity (Wildman–Crippen MR) is 200 cm³/mol. The van der Waals surface area contributed by atoms with Crippen LogP contribution in [0.5, 0.6) is 0 Å². The Bertz CT molecular complexity index is 1960. The molecular formula is C42H46F5N5O3. The number of ether oxygens (including phenoxy) is 1. The number of piperidine rings is 1. The zero-order valence-corrected chi connectivity index (χ0v) is 30.7. The maximum atomic E-state index is 14.9. The fraction of sp³-hybridized carbons (Fsp3) is 0.476. The Labute approximate surface area is 317 Å². The summed E-state index contributed by atoms with van der Waals surface area (Å²) < 4.78 is 77.5. The average molecular weight is 764 g/mol. The summed E-state index contributed by atoms with van der Waals surface area (Å²) in [6.07, 6.45) is 3.52. The van der Waals surface area contributed by atoms with Gasteiger partial charge in [-0.15, -0.1) is 0 Å². The molecule has 0 bridgehead atoms. The Morgan fingerprint density at radius 1 is 0.927 bits per heavy atom. The van der Waals surface area contributed by atoms with Gasteiger partial charge in [-0.1, -0.05) is 18.7 Å². The number of carbonyl (C=O) groups is 2. The maximum absolute atomic E-state index is 14.9. The fourth-order valence-corrected chi connectivity index (χ4v) is 9.74. The Morgan fingerprint density at radius 2 is 1.71 bits per heavy atom. The van der Waals surface area contributed by atoms with Gasteiger partial charge in [-0.25, -0.2) is 22.0 Å². The number of carbonyl (C=O) groups excluding carboxylic acids is 2. The number of rotatable bonds is 9. The molecule has 3 saturated heterocycles. The minimum atomic E-state index is -2.85. The van der Waals surface area contributed by atoms with Crippen molar-refractivity contribution in [3.63, 3.8) is 0 Å². The summed E-state index contributed by atoms with van der Waals surface area (Å²) in [4.78, 5) is 34.3. The summed E-state index contributed by atoms with van der Waals surface area (Å²) in [5.74, 6) is -5.64. The fourth-order valence-electron chi connectivity index (χ4n) is 9.74. The van der Waals surface area contributed by atoms with Gasteiger partial charge in [-0.05, 0) is 102 Å². The number of hydrogen-bond acceptors (Lipinski definition) is 6. The third-order valence-corrected chi connectivity index (χ3v) is 12.4. The Hall–Kier alpha value is -4.49. The Kier molecular flexibility index (Phi) is 10.1. The van der Waals surface area contributed by atoms with E-state index in [-0.39, 0.29) is 54.4 Å². The highest BCUT2D eigenvalue weighted by Crippen LogP contribution is 2.54. The zero-order chi connectivity index (χ0) is 38.5. The van der Waals surface area contributed by atoms with Gasteiger partial charge in [0, 0.05) is 63.8 Å². The molecule has 3 atom stereocenters. The second-order valence-corrected chi connectivity index (χ2v) is 15.9. The maximum Gasteiger partial charge on any atom is 0.267 e. The molecule has 8 nitrogen and oxygen atoms in total. The van der Waals surface area contributed by atoms with Crippen molar-refractivity contribution in [3.8, 4) is 0 Å². The molecule has 1 N–H and O–H groups in total. The molecule has 55 heavy (non-hydrogen) atoms. The van der Waals surface area contributed by atoms with Gasteiger partial charge in [0.1, 0.15) is 5.82 Å². The molecule has 8 rings (SSSR count). The number of nitrogens with one attached hydrogen (secondary N) is 1. The molecule has 292 valence electrons. The number of nitrogens with zero attached hydrogens (tertiary/aromatic N) is 4. The summed E-state index contributed by atoms with van der Waals surface area (Å²) in [5, 5.41) is 3.19. The van der Waals surface area contributed by atoms with Crippen molar-refractivity contribution in [1.29, 1.82) is 0 Å². The summed E-state index contributed by atoms with van der Waals surface area (Å²) in [6, 6.07) is 13.5. The Morgan fingerprint density at radius 3 is 2.45 bits per heavy atom. The van der Waals surface area contributed by atoms with Gasteiger partial charge in [-0.2, -0.15) is 0 Å². The van der Waals surface area contributed by atoms with Crippen molar-refractivity contribution in [3.05, 3.63) is 101 Å². The number of hydrogen-bond donors (Lipinski definition) is 1. The number of fused-ring (bicyclic) bond motifs is 5. The first-order chi connectivity index (χ1) is 26.4. The smallest absolute Gasteiger partial charge is 0.267 e. The second kappa shape index (κ2) is 14.9. The molecule has 3 fully saturated rings. The van der Waals surface area contributed by atoms with Crippen LogP contribution in [0, 0.1) is 17.5 Å². The van der Waals surface area contributed by atoms with E-state index < -0.39 is 30.1 Å². The van der Waals surface area contributed by atoms with Crippen LogP contribution in [0.25, 0.3) is 0 Å². The lowest BCUT2D eigenvalue weighted by Crippen LogP contribution is -2.48. The normalized spacial score (nSPS) is 23.3. The highest BCUT2D eigenvalue weighted by Gasteiger charge is 2.50. The molecule has 13 heteroatoms. The number of anilines is 3. The van der Waals surface area contributed by atoms with Crippen LogP contribution < -0.4 is 20.0 Å². The van der Waals surface area contributed by atoms with E-state index in [0.29, 0.717) is 88.6 Å². The molecule has 0 saturated carbocycles. The molecule has 0 aromatic heterocycles. The minimum Gasteiger partial charge on any atom is -0.379 e. The van der Waals surface area contributed by atoms with E-state index in [2.05, 4.69) is 21.7 Å². The third kappa shape index (κ3) is 7.57. The van der Waals surface area contributed by atoms with Crippen LogP contribution in [-0.4, -0.2) is 93.7 Å².